The number of aliphatic hydroxyl groups is 1. The van der Waals surface area contributed by atoms with E-state index >= 15 is 0 Å². The maximum atomic E-state index is 11.2. The van der Waals surface area contributed by atoms with Crippen molar-refractivity contribution in [3.8, 4) is 0 Å². The zero-order valence-corrected chi connectivity index (χ0v) is 12.0. The van der Waals surface area contributed by atoms with Crippen molar-refractivity contribution in [3.63, 3.8) is 0 Å². The van der Waals surface area contributed by atoms with E-state index in [-0.39, 0.29) is 22.6 Å². The molecule has 2 unspecified atom stereocenters. The van der Waals surface area contributed by atoms with Crippen LogP contribution in [0.1, 0.15) is 38.3 Å². The van der Waals surface area contributed by atoms with Crippen LogP contribution in [0.3, 0.4) is 0 Å². The van der Waals surface area contributed by atoms with Crippen LogP contribution in [0.2, 0.25) is 0 Å². The summed E-state index contributed by atoms with van der Waals surface area (Å²) in [5.41, 5.74) is 0.476. The van der Waals surface area contributed by atoms with Gasteiger partial charge in [0.25, 0.3) is 0 Å². The van der Waals surface area contributed by atoms with E-state index in [1.165, 1.54) is 0 Å². The molecule has 1 aliphatic rings. The molecule has 2 N–H and O–H groups in total. The van der Waals surface area contributed by atoms with Crippen LogP contribution >= 0.6 is 0 Å². The summed E-state index contributed by atoms with van der Waals surface area (Å²) in [5.74, 6) is 0.633. The summed E-state index contributed by atoms with van der Waals surface area (Å²) >= 11 is 0. The Kier molecular flexibility index (Phi) is 4.59. The molecule has 0 spiro atoms. The number of aliphatic hydroxyl groups excluding tert-OH is 1. The van der Waals surface area contributed by atoms with Crippen LogP contribution in [0.25, 0.3) is 0 Å². The molecular weight excluding hydrogens is 260 g/mol. The summed E-state index contributed by atoms with van der Waals surface area (Å²) in [6.07, 6.45) is 3.36. The van der Waals surface area contributed by atoms with E-state index < -0.39 is 0 Å². The van der Waals surface area contributed by atoms with Crippen LogP contribution in [0.4, 0.5) is 11.5 Å². The SMILES string of the molecule is CCCn1nc(C)c([N+](=O)[O-])c1NCC1CCCC1O. The molecular formula is C13H22N4O3. The molecule has 2 rings (SSSR count). The van der Waals surface area contributed by atoms with Crippen LogP contribution in [-0.2, 0) is 6.54 Å². The number of hydrogen-bond acceptors (Lipinski definition) is 5. The standard InChI is InChI=1S/C13H22N4O3/c1-3-7-16-13(12(17(19)20)9(2)15-16)14-8-10-5-4-6-11(10)18/h10-11,14,18H,3-8H2,1-2H3. The topological polar surface area (TPSA) is 93.2 Å². The summed E-state index contributed by atoms with van der Waals surface area (Å²) in [4.78, 5) is 10.8. The minimum absolute atomic E-state index is 0.0472. The fourth-order valence-corrected chi connectivity index (χ4v) is 2.82. The molecule has 0 aliphatic heterocycles. The van der Waals surface area contributed by atoms with Gasteiger partial charge in [0, 0.05) is 19.0 Å². The van der Waals surface area contributed by atoms with Crippen molar-refractivity contribution in [1.29, 1.82) is 0 Å². The van der Waals surface area contributed by atoms with Crippen LogP contribution in [-0.4, -0.2) is 32.5 Å². The van der Waals surface area contributed by atoms with Crippen molar-refractivity contribution in [2.75, 3.05) is 11.9 Å². The van der Waals surface area contributed by atoms with Gasteiger partial charge in [0.1, 0.15) is 5.69 Å². The van der Waals surface area contributed by atoms with E-state index in [1.807, 2.05) is 6.92 Å². The van der Waals surface area contributed by atoms with Gasteiger partial charge in [-0.1, -0.05) is 13.3 Å². The molecule has 1 fully saturated rings. The smallest absolute Gasteiger partial charge is 0.333 e. The number of aromatic nitrogens is 2. The average molecular weight is 282 g/mol. The van der Waals surface area contributed by atoms with Gasteiger partial charge in [-0.05, 0) is 26.2 Å². The van der Waals surface area contributed by atoms with Gasteiger partial charge < -0.3 is 10.4 Å². The predicted octanol–water partition coefficient (Wildman–Crippen LogP) is 2.08. The Balaban J connectivity index is 2.17. The molecule has 1 aromatic rings. The second kappa shape index (κ2) is 6.21. The van der Waals surface area contributed by atoms with Crippen LogP contribution < -0.4 is 5.32 Å². The predicted molar refractivity (Wildman–Crippen MR) is 75.7 cm³/mol. The molecule has 1 heterocycles. The third-order valence-corrected chi connectivity index (χ3v) is 3.86. The number of nitro groups is 1. The Morgan fingerprint density at radius 1 is 1.55 bits per heavy atom. The fourth-order valence-electron chi connectivity index (χ4n) is 2.82. The molecule has 0 bridgehead atoms. The molecule has 7 nitrogen and oxygen atoms in total. The summed E-state index contributed by atoms with van der Waals surface area (Å²) in [6.45, 7) is 4.86. The van der Waals surface area contributed by atoms with E-state index in [0.717, 1.165) is 25.7 Å². The fraction of sp³-hybridized carbons (Fsp3) is 0.769. The molecule has 112 valence electrons. The third kappa shape index (κ3) is 2.92. The van der Waals surface area contributed by atoms with E-state index in [4.69, 9.17) is 0 Å². The summed E-state index contributed by atoms with van der Waals surface area (Å²) in [5, 5.41) is 28.4. The first-order valence-electron chi connectivity index (χ1n) is 7.18. The van der Waals surface area contributed by atoms with Crippen LogP contribution in [0, 0.1) is 23.0 Å². The van der Waals surface area contributed by atoms with Gasteiger partial charge in [-0.3, -0.25) is 10.1 Å². The third-order valence-electron chi connectivity index (χ3n) is 3.86. The highest BCUT2D eigenvalue weighted by Gasteiger charge is 2.28. The zero-order valence-electron chi connectivity index (χ0n) is 12.0. The van der Waals surface area contributed by atoms with E-state index in [0.29, 0.717) is 24.6 Å². The molecule has 1 aromatic heterocycles. The molecule has 0 radical (unpaired) electrons. The Morgan fingerprint density at radius 3 is 2.85 bits per heavy atom. The maximum absolute atomic E-state index is 11.2. The first-order chi connectivity index (χ1) is 9.54. The average Bonchev–Trinajstić information content (AvgIpc) is 2.91. The molecule has 0 saturated heterocycles. The largest absolute Gasteiger partial charge is 0.393 e. The van der Waals surface area contributed by atoms with Crippen LogP contribution in [0.15, 0.2) is 0 Å². The number of nitrogens with one attached hydrogen (secondary N) is 1. The Morgan fingerprint density at radius 2 is 2.30 bits per heavy atom. The number of aryl methyl sites for hydroxylation is 2. The van der Waals surface area contributed by atoms with E-state index in [9.17, 15) is 15.2 Å². The minimum atomic E-state index is -0.387. The Labute approximate surface area is 118 Å². The second-order valence-electron chi connectivity index (χ2n) is 5.40. The number of anilines is 1. The number of hydrogen-bond donors (Lipinski definition) is 2. The highest BCUT2D eigenvalue weighted by molar-refractivity contribution is 5.59. The van der Waals surface area contributed by atoms with Gasteiger partial charge in [-0.2, -0.15) is 5.10 Å². The van der Waals surface area contributed by atoms with Crippen molar-refractivity contribution in [2.45, 2.75) is 52.2 Å². The first kappa shape index (κ1) is 14.8. The molecule has 20 heavy (non-hydrogen) atoms. The molecule has 0 aromatic carbocycles. The maximum Gasteiger partial charge on any atom is 0.333 e. The zero-order chi connectivity index (χ0) is 14.7. The van der Waals surface area contributed by atoms with E-state index in [1.54, 1.807) is 11.6 Å². The van der Waals surface area contributed by atoms with Gasteiger partial charge in [0.2, 0.25) is 5.82 Å². The lowest BCUT2D eigenvalue weighted by atomic mass is 10.1. The Hall–Kier alpha value is -1.63. The lowest BCUT2D eigenvalue weighted by molar-refractivity contribution is -0.384. The number of rotatable bonds is 6. The van der Waals surface area contributed by atoms with Gasteiger partial charge in [0.05, 0.1) is 11.0 Å². The second-order valence-corrected chi connectivity index (χ2v) is 5.40. The normalized spacial score (nSPS) is 22.1. The lowest BCUT2D eigenvalue weighted by Crippen LogP contribution is -2.23. The highest BCUT2D eigenvalue weighted by atomic mass is 16.6. The Bertz CT molecular complexity index is 486. The summed E-state index contributed by atoms with van der Waals surface area (Å²) in [6, 6.07) is 0. The highest BCUT2D eigenvalue weighted by Crippen LogP contribution is 2.31. The van der Waals surface area contributed by atoms with Crippen molar-refractivity contribution in [1.82, 2.24) is 9.78 Å². The lowest BCUT2D eigenvalue weighted by Gasteiger charge is -2.16. The first-order valence-corrected chi connectivity index (χ1v) is 7.18. The van der Waals surface area contributed by atoms with Gasteiger partial charge in [-0.25, -0.2) is 4.68 Å². The molecule has 2 atom stereocenters. The summed E-state index contributed by atoms with van der Waals surface area (Å²) in [7, 11) is 0. The van der Waals surface area contributed by atoms with Crippen molar-refractivity contribution < 1.29 is 10.0 Å². The number of nitrogens with zero attached hydrogens (tertiary/aromatic N) is 3. The molecule has 1 aliphatic carbocycles. The monoisotopic (exact) mass is 282 g/mol. The van der Waals surface area contributed by atoms with Gasteiger partial charge in [-0.15, -0.1) is 0 Å². The quantitative estimate of drug-likeness (QED) is 0.615. The van der Waals surface area contributed by atoms with Crippen molar-refractivity contribution in [2.24, 2.45) is 5.92 Å². The van der Waals surface area contributed by atoms with Gasteiger partial charge >= 0.3 is 5.69 Å². The minimum Gasteiger partial charge on any atom is -0.393 e. The molecule has 7 heteroatoms. The van der Waals surface area contributed by atoms with Gasteiger partial charge in [0.15, 0.2) is 0 Å². The van der Waals surface area contributed by atoms with E-state index in [2.05, 4.69) is 10.4 Å². The molecule has 0 amide bonds. The molecule has 1 saturated carbocycles. The van der Waals surface area contributed by atoms with Crippen molar-refractivity contribution >= 4 is 11.5 Å². The summed E-state index contributed by atoms with van der Waals surface area (Å²) < 4.78 is 1.66. The van der Waals surface area contributed by atoms with Crippen molar-refractivity contribution in [3.05, 3.63) is 15.8 Å². The van der Waals surface area contributed by atoms with Crippen LogP contribution in [0.5, 0.6) is 0 Å².